The minimum absolute atomic E-state index is 0.0317. The third-order valence-electron chi connectivity index (χ3n) is 6.47. The standard InChI is InChI=1S/C31H27F3N2O7S/c1-19-13-28(31(38)36-18-43-29(37)17-42-16-20-3-8-23(41-2)9-4-20)35-15-26(19)30(25-14-22(33)7-12-27(25)34)44(39,40)24-10-5-21(32)6-11-24/h3-15,30H,16-18H2,1-2H3,(H,36,38). The molecule has 0 saturated carbocycles. The average molecular weight is 629 g/mol. The van der Waals surface area contributed by atoms with Crippen LogP contribution in [0.3, 0.4) is 0 Å². The summed E-state index contributed by atoms with van der Waals surface area (Å²) in [6, 6.07) is 14.6. The van der Waals surface area contributed by atoms with Gasteiger partial charge in [0.2, 0.25) is 0 Å². The molecule has 0 spiro atoms. The summed E-state index contributed by atoms with van der Waals surface area (Å²) in [6.07, 6.45) is 1.07. The first-order valence-corrected chi connectivity index (χ1v) is 14.6. The first-order valence-electron chi connectivity index (χ1n) is 13.0. The van der Waals surface area contributed by atoms with Crippen LogP contribution >= 0.6 is 0 Å². The number of amides is 1. The summed E-state index contributed by atoms with van der Waals surface area (Å²) in [4.78, 5) is 28.3. The Bertz CT molecular complexity index is 1750. The van der Waals surface area contributed by atoms with Gasteiger partial charge >= 0.3 is 5.97 Å². The lowest BCUT2D eigenvalue weighted by Crippen LogP contribution is -2.29. The number of hydrogen-bond acceptors (Lipinski definition) is 8. The lowest BCUT2D eigenvalue weighted by atomic mass is 10.0. The monoisotopic (exact) mass is 628 g/mol. The van der Waals surface area contributed by atoms with Crippen molar-refractivity contribution in [2.75, 3.05) is 20.4 Å². The van der Waals surface area contributed by atoms with E-state index in [-0.39, 0.29) is 34.9 Å². The Morgan fingerprint density at radius 2 is 1.59 bits per heavy atom. The number of benzene rings is 3. The first-order chi connectivity index (χ1) is 21.0. The maximum absolute atomic E-state index is 14.9. The van der Waals surface area contributed by atoms with Crippen LogP contribution in [0.5, 0.6) is 5.75 Å². The number of nitrogens with one attached hydrogen (secondary N) is 1. The second-order valence-electron chi connectivity index (χ2n) is 9.48. The molecular formula is C31H27F3N2O7S. The Morgan fingerprint density at radius 3 is 2.25 bits per heavy atom. The Kier molecular flexibility index (Phi) is 10.3. The van der Waals surface area contributed by atoms with E-state index >= 15 is 0 Å². The van der Waals surface area contributed by atoms with Crippen molar-refractivity contribution in [3.8, 4) is 5.75 Å². The van der Waals surface area contributed by atoms with E-state index < -0.39 is 56.7 Å². The topological polar surface area (TPSA) is 121 Å². The molecule has 0 radical (unpaired) electrons. The number of aryl methyl sites for hydroxylation is 1. The average Bonchev–Trinajstić information content (AvgIpc) is 3.00. The van der Waals surface area contributed by atoms with E-state index in [9.17, 15) is 31.2 Å². The van der Waals surface area contributed by atoms with Crippen LogP contribution in [-0.4, -0.2) is 45.7 Å². The summed E-state index contributed by atoms with van der Waals surface area (Å²) in [5.41, 5.74) is 0.349. The molecule has 3 aromatic carbocycles. The van der Waals surface area contributed by atoms with Gasteiger partial charge in [-0.15, -0.1) is 0 Å². The molecule has 0 aliphatic heterocycles. The van der Waals surface area contributed by atoms with E-state index in [1.165, 1.54) is 13.0 Å². The molecule has 4 rings (SSSR count). The van der Waals surface area contributed by atoms with Gasteiger partial charge in [-0.25, -0.2) is 26.4 Å². The summed E-state index contributed by atoms with van der Waals surface area (Å²) in [7, 11) is -2.91. The van der Waals surface area contributed by atoms with Crippen LogP contribution in [0.1, 0.15) is 38.0 Å². The molecule has 13 heteroatoms. The third kappa shape index (κ3) is 7.79. The van der Waals surface area contributed by atoms with E-state index in [1.807, 2.05) is 0 Å². The van der Waals surface area contributed by atoms with Crippen LogP contribution in [0.15, 0.2) is 83.9 Å². The number of aromatic nitrogens is 1. The van der Waals surface area contributed by atoms with E-state index in [1.54, 1.807) is 31.4 Å². The number of nitrogens with zero attached hydrogens (tertiary/aromatic N) is 1. The van der Waals surface area contributed by atoms with Crippen molar-refractivity contribution in [1.29, 1.82) is 0 Å². The number of sulfone groups is 1. The van der Waals surface area contributed by atoms with E-state index in [0.29, 0.717) is 5.75 Å². The Hall–Kier alpha value is -4.75. The number of methoxy groups -OCH3 is 1. The van der Waals surface area contributed by atoms with Crippen molar-refractivity contribution in [3.63, 3.8) is 0 Å². The fourth-order valence-corrected chi connectivity index (χ4v) is 6.11. The smallest absolute Gasteiger partial charge is 0.333 e. The van der Waals surface area contributed by atoms with Crippen molar-refractivity contribution < 1.29 is 45.4 Å². The van der Waals surface area contributed by atoms with Crippen LogP contribution < -0.4 is 10.1 Å². The number of carbonyl (C=O) groups is 2. The minimum atomic E-state index is -4.46. The Balaban J connectivity index is 1.44. The van der Waals surface area contributed by atoms with Gasteiger partial charge in [-0.05, 0) is 84.3 Å². The molecule has 0 bridgehead atoms. The molecular weight excluding hydrogens is 601 g/mol. The van der Waals surface area contributed by atoms with Gasteiger partial charge in [0.15, 0.2) is 16.6 Å². The number of esters is 1. The third-order valence-corrected chi connectivity index (χ3v) is 8.53. The number of pyridine rings is 1. The molecule has 0 aliphatic rings. The van der Waals surface area contributed by atoms with Gasteiger partial charge in [0, 0.05) is 11.8 Å². The van der Waals surface area contributed by atoms with Gasteiger partial charge in [0.05, 0.1) is 18.6 Å². The second-order valence-corrected chi connectivity index (χ2v) is 11.5. The number of halogens is 3. The summed E-state index contributed by atoms with van der Waals surface area (Å²) in [5.74, 6) is -3.34. The maximum Gasteiger partial charge on any atom is 0.333 e. The number of rotatable bonds is 12. The van der Waals surface area contributed by atoms with Gasteiger partial charge in [0.25, 0.3) is 5.91 Å². The van der Waals surface area contributed by atoms with Crippen molar-refractivity contribution in [1.82, 2.24) is 10.3 Å². The first kappa shape index (κ1) is 32.2. The molecule has 230 valence electrons. The van der Waals surface area contributed by atoms with Gasteiger partial charge in [-0.3, -0.25) is 9.78 Å². The highest BCUT2D eigenvalue weighted by molar-refractivity contribution is 7.92. The fourth-order valence-electron chi connectivity index (χ4n) is 4.23. The lowest BCUT2D eigenvalue weighted by molar-refractivity contribution is -0.149. The van der Waals surface area contributed by atoms with E-state index in [4.69, 9.17) is 14.2 Å². The number of carbonyl (C=O) groups excluding carboxylic acids is 2. The summed E-state index contributed by atoms with van der Waals surface area (Å²) >= 11 is 0. The lowest BCUT2D eigenvalue weighted by Gasteiger charge is -2.21. The van der Waals surface area contributed by atoms with Crippen molar-refractivity contribution in [2.24, 2.45) is 0 Å². The minimum Gasteiger partial charge on any atom is -0.497 e. The van der Waals surface area contributed by atoms with Gasteiger partial charge < -0.3 is 19.5 Å². The van der Waals surface area contributed by atoms with E-state index in [2.05, 4.69) is 10.3 Å². The highest BCUT2D eigenvalue weighted by Crippen LogP contribution is 2.38. The quantitative estimate of drug-likeness (QED) is 0.135. The van der Waals surface area contributed by atoms with Crippen LogP contribution in [0.2, 0.25) is 0 Å². The van der Waals surface area contributed by atoms with Crippen molar-refractivity contribution >= 4 is 21.7 Å². The Labute approximate surface area is 251 Å². The maximum atomic E-state index is 14.9. The zero-order valence-corrected chi connectivity index (χ0v) is 24.4. The second kappa shape index (κ2) is 14.1. The van der Waals surface area contributed by atoms with Crippen LogP contribution in [0.4, 0.5) is 13.2 Å². The molecule has 1 atom stereocenters. The summed E-state index contributed by atoms with van der Waals surface area (Å²) in [6.45, 7) is 0.757. The predicted octanol–water partition coefficient (Wildman–Crippen LogP) is 4.83. The zero-order valence-electron chi connectivity index (χ0n) is 23.6. The molecule has 1 amide bonds. The zero-order chi connectivity index (χ0) is 31.9. The van der Waals surface area contributed by atoms with Gasteiger partial charge in [-0.1, -0.05) is 12.1 Å². The Morgan fingerprint density at radius 1 is 0.909 bits per heavy atom. The highest BCUT2D eigenvalue weighted by atomic mass is 32.2. The van der Waals surface area contributed by atoms with Gasteiger partial charge in [0.1, 0.15) is 40.8 Å². The molecule has 4 aromatic rings. The van der Waals surface area contributed by atoms with E-state index in [0.717, 1.165) is 54.2 Å². The largest absolute Gasteiger partial charge is 0.497 e. The van der Waals surface area contributed by atoms with Crippen molar-refractivity contribution in [3.05, 3.63) is 124 Å². The fraction of sp³-hybridized carbons (Fsp3) is 0.194. The molecule has 0 fully saturated rings. The normalized spacial score (nSPS) is 11.9. The molecule has 1 aromatic heterocycles. The molecule has 1 unspecified atom stereocenters. The highest BCUT2D eigenvalue weighted by Gasteiger charge is 2.35. The molecule has 44 heavy (non-hydrogen) atoms. The molecule has 0 aliphatic carbocycles. The van der Waals surface area contributed by atoms with Crippen molar-refractivity contribution in [2.45, 2.75) is 23.7 Å². The molecule has 0 saturated heterocycles. The molecule has 9 nitrogen and oxygen atoms in total. The molecule has 1 N–H and O–H groups in total. The summed E-state index contributed by atoms with van der Waals surface area (Å²) < 4.78 is 85.3. The molecule has 1 heterocycles. The van der Waals surface area contributed by atoms with Crippen LogP contribution in [0.25, 0.3) is 0 Å². The predicted molar refractivity (Wildman–Crippen MR) is 152 cm³/mol. The van der Waals surface area contributed by atoms with Gasteiger partial charge in [-0.2, -0.15) is 0 Å². The summed E-state index contributed by atoms with van der Waals surface area (Å²) in [5, 5.41) is 0.588. The number of hydrogen-bond donors (Lipinski definition) is 1. The van der Waals surface area contributed by atoms with Crippen LogP contribution in [-0.2, 0) is 30.7 Å². The van der Waals surface area contributed by atoms with Crippen LogP contribution in [0, 0.1) is 24.4 Å². The number of ether oxygens (including phenoxy) is 3. The SMILES string of the molecule is COc1ccc(COCC(=O)OCNC(=O)c2cc(C)c(C(c3cc(F)ccc3F)S(=O)(=O)c3ccc(F)cc3)cn2)cc1.